The molecule has 7 nitrogen and oxygen atoms in total. The monoisotopic (exact) mass is 513 g/mol. The third-order valence-corrected chi connectivity index (χ3v) is 10.3. The summed E-state index contributed by atoms with van der Waals surface area (Å²) in [5, 5.41) is 25.5. The van der Waals surface area contributed by atoms with Crippen LogP contribution in [0.4, 0.5) is 0 Å². The number of aromatic nitrogens is 1. The topological polar surface area (TPSA) is 94.9 Å². The van der Waals surface area contributed by atoms with Gasteiger partial charge in [0, 0.05) is 54.4 Å². The molecule has 8 heteroatoms. The predicted molar refractivity (Wildman–Crippen MR) is 141 cm³/mol. The number of ether oxygens (including phenoxy) is 1. The van der Waals surface area contributed by atoms with Crippen LogP contribution in [-0.2, 0) is 16.0 Å². The van der Waals surface area contributed by atoms with Gasteiger partial charge in [-0.05, 0) is 30.6 Å². The molecule has 1 saturated heterocycles. The number of benzene rings is 1. The van der Waals surface area contributed by atoms with E-state index in [1.54, 1.807) is 11.3 Å². The van der Waals surface area contributed by atoms with Gasteiger partial charge in [-0.3, -0.25) is 9.69 Å². The number of hydrogen-bond donors (Lipinski definition) is 3. The van der Waals surface area contributed by atoms with Gasteiger partial charge in [-0.15, -0.1) is 11.3 Å². The van der Waals surface area contributed by atoms with Crippen molar-refractivity contribution in [3.05, 3.63) is 40.9 Å². The molecule has 5 rings (SSSR count). The first-order valence-corrected chi connectivity index (χ1v) is 14.1. The summed E-state index contributed by atoms with van der Waals surface area (Å²) in [6.07, 6.45) is 2.05. The van der Waals surface area contributed by atoms with Crippen molar-refractivity contribution in [2.24, 2.45) is 16.7 Å². The number of morpholine rings is 1. The molecular weight excluding hydrogens is 474 g/mol. The zero-order valence-electron chi connectivity index (χ0n) is 21.4. The molecule has 1 aliphatic heterocycles. The lowest BCUT2D eigenvalue weighted by Crippen LogP contribution is -2.57. The van der Waals surface area contributed by atoms with Gasteiger partial charge in [0.25, 0.3) is 0 Å². The molecule has 2 aromatic rings. The van der Waals surface area contributed by atoms with Crippen LogP contribution >= 0.6 is 11.3 Å². The van der Waals surface area contributed by atoms with Gasteiger partial charge in [0.1, 0.15) is 5.01 Å². The predicted octanol–water partition coefficient (Wildman–Crippen LogP) is 3.06. The number of aliphatic hydroxyl groups excluding tert-OH is 2. The Balaban J connectivity index is 1.42. The number of carbonyl (C=O) groups is 1. The fourth-order valence-electron chi connectivity index (χ4n) is 6.79. The maximum absolute atomic E-state index is 13.3. The highest BCUT2D eigenvalue weighted by atomic mass is 32.1. The third-order valence-electron chi connectivity index (χ3n) is 9.16. The van der Waals surface area contributed by atoms with E-state index in [2.05, 4.69) is 29.3 Å². The van der Waals surface area contributed by atoms with E-state index in [0.29, 0.717) is 19.4 Å². The number of amides is 1. The second kappa shape index (κ2) is 10.5. The number of aliphatic hydroxyl groups is 2. The van der Waals surface area contributed by atoms with Crippen molar-refractivity contribution in [2.45, 2.75) is 51.6 Å². The van der Waals surface area contributed by atoms with Crippen LogP contribution in [0.15, 0.2) is 30.3 Å². The summed E-state index contributed by atoms with van der Waals surface area (Å²) in [5.41, 5.74) is 1.29. The summed E-state index contributed by atoms with van der Waals surface area (Å²) in [7, 11) is 0. The molecule has 2 aliphatic carbocycles. The van der Waals surface area contributed by atoms with Gasteiger partial charge >= 0.3 is 0 Å². The van der Waals surface area contributed by atoms with E-state index in [-0.39, 0.29) is 29.8 Å². The zero-order chi connectivity index (χ0) is 25.3. The Kier molecular flexibility index (Phi) is 7.52. The van der Waals surface area contributed by atoms with Gasteiger partial charge < -0.3 is 20.3 Å². The number of nitrogens with zero attached hydrogens (tertiary/aromatic N) is 2. The highest BCUT2D eigenvalue weighted by Crippen LogP contribution is 2.62. The normalized spacial score (nSPS) is 32.5. The van der Waals surface area contributed by atoms with Crippen LogP contribution in [0.25, 0.3) is 10.6 Å². The number of hydrogen-bond acceptors (Lipinski definition) is 7. The fraction of sp³-hybridized carbons (Fsp3) is 0.643. The second-order valence-electron chi connectivity index (χ2n) is 11.2. The minimum Gasteiger partial charge on any atom is -0.396 e. The molecule has 0 radical (unpaired) electrons. The van der Waals surface area contributed by atoms with Gasteiger partial charge in [0.05, 0.1) is 31.6 Å². The Morgan fingerprint density at radius 1 is 1.25 bits per heavy atom. The fourth-order valence-corrected chi connectivity index (χ4v) is 7.96. The van der Waals surface area contributed by atoms with Crippen LogP contribution in [0.5, 0.6) is 0 Å². The van der Waals surface area contributed by atoms with E-state index in [0.717, 1.165) is 62.0 Å². The SMILES string of the molecule is C[C@]1(CO)[C@H]2Cc3sc(-c4ccccc4)nc3[C@@H](CC(=O)NCCN3CCOCC3)[C@]2(C)CC[C@H]1O. The molecule has 0 bridgehead atoms. The Bertz CT molecular complexity index is 1060. The Hall–Kier alpha value is -1.84. The molecular formula is C28H39N3O4S. The van der Waals surface area contributed by atoms with Crippen molar-refractivity contribution in [3.8, 4) is 10.6 Å². The lowest BCUT2D eigenvalue weighted by atomic mass is 9.47. The lowest BCUT2D eigenvalue weighted by Gasteiger charge is -2.58. The van der Waals surface area contributed by atoms with Gasteiger partial charge in [0.2, 0.25) is 5.91 Å². The number of nitrogens with one attached hydrogen (secondary N) is 1. The summed E-state index contributed by atoms with van der Waals surface area (Å²) in [6.45, 7) is 8.98. The summed E-state index contributed by atoms with van der Waals surface area (Å²) < 4.78 is 5.42. The third kappa shape index (κ3) is 4.74. The molecule has 1 aromatic carbocycles. The van der Waals surface area contributed by atoms with Crippen molar-refractivity contribution in [3.63, 3.8) is 0 Å². The summed E-state index contributed by atoms with van der Waals surface area (Å²) >= 11 is 1.70. The number of carbonyl (C=O) groups excluding carboxylic acids is 1. The molecule has 2 fully saturated rings. The molecule has 3 aliphatic rings. The highest BCUT2D eigenvalue weighted by Gasteiger charge is 2.59. The van der Waals surface area contributed by atoms with E-state index in [1.807, 2.05) is 25.1 Å². The molecule has 0 spiro atoms. The Labute approximate surface area is 217 Å². The number of thiazole rings is 1. The van der Waals surface area contributed by atoms with Crippen LogP contribution in [0.1, 0.15) is 49.6 Å². The maximum Gasteiger partial charge on any atom is 0.220 e. The molecule has 0 unspecified atom stereocenters. The van der Waals surface area contributed by atoms with Gasteiger partial charge in [0.15, 0.2) is 0 Å². The molecule has 196 valence electrons. The van der Waals surface area contributed by atoms with Crippen molar-refractivity contribution >= 4 is 17.2 Å². The summed E-state index contributed by atoms with van der Waals surface area (Å²) in [4.78, 5) is 21.9. The molecule has 1 saturated carbocycles. The average Bonchev–Trinajstić information content (AvgIpc) is 3.33. The van der Waals surface area contributed by atoms with E-state index >= 15 is 0 Å². The average molecular weight is 514 g/mol. The van der Waals surface area contributed by atoms with E-state index in [1.165, 1.54) is 4.88 Å². The minimum absolute atomic E-state index is 0.0483. The Morgan fingerprint density at radius 2 is 2.00 bits per heavy atom. The van der Waals surface area contributed by atoms with Crippen LogP contribution < -0.4 is 5.32 Å². The van der Waals surface area contributed by atoms with Gasteiger partial charge in [-0.2, -0.15) is 0 Å². The Morgan fingerprint density at radius 3 is 2.72 bits per heavy atom. The highest BCUT2D eigenvalue weighted by molar-refractivity contribution is 7.15. The van der Waals surface area contributed by atoms with Crippen LogP contribution in [-0.4, -0.2) is 78.1 Å². The van der Waals surface area contributed by atoms with E-state index in [4.69, 9.17) is 9.72 Å². The quantitative estimate of drug-likeness (QED) is 0.527. The smallest absolute Gasteiger partial charge is 0.220 e. The van der Waals surface area contributed by atoms with Crippen molar-refractivity contribution < 1.29 is 19.7 Å². The molecule has 36 heavy (non-hydrogen) atoms. The molecule has 3 N–H and O–H groups in total. The summed E-state index contributed by atoms with van der Waals surface area (Å²) in [6, 6.07) is 10.2. The standard InChI is InChI=1S/C28H39N3O4S/c1-27-9-8-23(33)28(2,18-32)22(27)17-21-25(30-26(36-21)19-6-4-3-5-7-19)20(27)16-24(34)29-10-11-31-12-14-35-15-13-31/h3-7,20,22-23,32-33H,8-18H2,1-2H3,(H,29,34)/t20-,22+,23-,27+,28+/m1/s1. The van der Waals surface area contributed by atoms with Crippen molar-refractivity contribution in [1.82, 2.24) is 15.2 Å². The molecule has 1 amide bonds. The molecule has 2 heterocycles. The maximum atomic E-state index is 13.3. The van der Waals surface area contributed by atoms with Gasteiger partial charge in [-0.25, -0.2) is 4.98 Å². The van der Waals surface area contributed by atoms with Crippen molar-refractivity contribution in [2.75, 3.05) is 46.0 Å². The minimum atomic E-state index is -0.605. The van der Waals surface area contributed by atoms with Crippen LogP contribution in [0.2, 0.25) is 0 Å². The number of rotatable bonds is 7. The zero-order valence-corrected chi connectivity index (χ0v) is 22.2. The lowest BCUT2D eigenvalue weighted by molar-refractivity contribution is -0.144. The van der Waals surface area contributed by atoms with Crippen molar-refractivity contribution in [1.29, 1.82) is 0 Å². The molecule has 1 aromatic heterocycles. The largest absolute Gasteiger partial charge is 0.396 e. The van der Waals surface area contributed by atoms with E-state index in [9.17, 15) is 15.0 Å². The first kappa shape index (κ1) is 25.8. The molecule has 5 atom stereocenters. The van der Waals surface area contributed by atoms with Crippen LogP contribution in [0.3, 0.4) is 0 Å². The van der Waals surface area contributed by atoms with E-state index < -0.39 is 11.5 Å². The summed E-state index contributed by atoms with van der Waals surface area (Å²) in [5.74, 6) is 0.0652. The van der Waals surface area contributed by atoms with Gasteiger partial charge in [-0.1, -0.05) is 44.2 Å². The number of fused-ring (bicyclic) bond motifs is 2. The first-order valence-electron chi connectivity index (χ1n) is 13.3. The first-order chi connectivity index (χ1) is 17.3. The van der Waals surface area contributed by atoms with Crippen LogP contribution in [0, 0.1) is 16.7 Å². The second-order valence-corrected chi connectivity index (χ2v) is 12.3.